The van der Waals surface area contributed by atoms with Crippen LogP contribution >= 0.6 is 0 Å². The van der Waals surface area contributed by atoms with Gasteiger partial charge in [0.05, 0.1) is 16.6 Å². The lowest BCUT2D eigenvalue weighted by Gasteiger charge is -2.06. The number of nitrogens with zero attached hydrogens (tertiary/aromatic N) is 1. The van der Waals surface area contributed by atoms with E-state index >= 15 is 0 Å². The molecule has 2 N–H and O–H groups in total. The minimum Gasteiger partial charge on any atom is -0.455 e. The zero-order valence-electron chi connectivity index (χ0n) is 10.3. The predicted molar refractivity (Wildman–Crippen MR) is 71.3 cm³/mol. The summed E-state index contributed by atoms with van der Waals surface area (Å²) < 4.78 is 5.04. The van der Waals surface area contributed by atoms with Crippen LogP contribution in [0.25, 0.3) is 22.2 Å². The molecule has 20 heavy (non-hydrogen) atoms. The minimum absolute atomic E-state index is 0.136. The number of H-pyrrole nitrogens is 2. The number of ether oxygens (including phenoxy) is 1. The first kappa shape index (κ1) is 11.0. The van der Waals surface area contributed by atoms with Crippen molar-refractivity contribution in [2.75, 3.05) is 0 Å². The molecule has 0 saturated heterocycles. The Kier molecular flexibility index (Phi) is 2.09. The quantitative estimate of drug-likeness (QED) is 0.655. The molecule has 1 aromatic carbocycles. The van der Waals surface area contributed by atoms with Crippen molar-refractivity contribution in [1.82, 2.24) is 15.2 Å². The molecule has 98 valence electrons. The number of rotatable bonds is 1. The lowest BCUT2D eigenvalue weighted by molar-refractivity contribution is 0.0534. The number of aromatic nitrogens is 3. The van der Waals surface area contributed by atoms with Crippen LogP contribution in [0.1, 0.15) is 16.1 Å². The lowest BCUT2D eigenvalue weighted by atomic mass is 9.97. The van der Waals surface area contributed by atoms with Crippen LogP contribution in [-0.2, 0) is 11.3 Å². The first-order valence-electron chi connectivity index (χ1n) is 6.11. The smallest absolute Gasteiger partial charge is 0.341 e. The second kappa shape index (κ2) is 3.80. The van der Waals surface area contributed by atoms with Crippen molar-refractivity contribution in [3.63, 3.8) is 0 Å². The van der Waals surface area contributed by atoms with Gasteiger partial charge in [-0.3, -0.25) is 15.0 Å². The van der Waals surface area contributed by atoms with E-state index in [9.17, 15) is 9.59 Å². The van der Waals surface area contributed by atoms with Gasteiger partial charge in [-0.2, -0.15) is 0 Å². The summed E-state index contributed by atoms with van der Waals surface area (Å²) in [6, 6.07) is 9.30. The number of carbonyl (C=O) groups is 1. The van der Waals surface area contributed by atoms with Crippen LogP contribution in [0.5, 0.6) is 0 Å². The van der Waals surface area contributed by atoms with Gasteiger partial charge < -0.3 is 4.74 Å². The number of benzene rings is 1. The Bertz CT molecular complexity index is 893. The van der Waals surface area contributed by atoms with E-state index in [0.717, 1.165) is 5.56 Å². The Morgan fingerprint density at radius 1 is 1.05 bits per heavy atom. The Hall–Kier alpha value is -2.89. The van der Waals surface area contributed by atoms with Crippen molar-refractivity contribution in [2.24, 2.45) is 0 Å². The predicted octanol–water partition coefficient (Wildman–Crippen LogP) is 1.59. The molecule has 2 aromatic heterocycles. The third kappa shape index (κ3) is 1.36. The first-order chi connectivity index (χ1) is 9.75. The molecule has 0 saturated carbocycles. The summed E-state index contributed by atoms with van der Waals surface area (Å²) in [5, 5.41) is 5.62. The van der Waals surface area contributed by atoms with Gasteiger partial charge in [-0.25, -0.2) is 9.78 Å². The number of hydrogen-bond donors (Lipinski definition) is 2. The van der Waals surface area contributed by atoms with Gasteiger partial charge in [0.1, 0.15) is 6.61 Å². The van der Waals surface area contributed by atoms with Crippen molar-refractivity contribution in [2.45, 2.75) is 6.61 Å². The summed E-state index contributed by atoms with van der Waals surface area (Å²) in [5.74, 6) is -0.436. The molecular weight excluding hydrogens is 258 g/mol. The number of pyridine rings is 1. The van der Waals surface area contributed by atoms with Gasteiger partial charge in [-0.15, -0.1) is 0 Å². The maximum Gasteiger partial charge on any atom is 0.341 e. The third-order valence-electron chi connectivity index (χ3n) is 3.40. The minimum atomic E-state index is -0.436. The Balaban J connectivity index is 2.22. The number of fused-ring (bicyclic) bond motifs is 2. The zero-order valence-corrected chi connectivity index (χ0v) is 10.3. The number of esters is 1. The SMILES string of the molecule is O=C1OCc2nc3[nH][nH]c(=O)c3c(-c3ccccc3)c21. The van der Waals surface area contributed by atoms with Gasteiger partial charge in [0, 0.05) is 5.56 Å². The van der Waals surface area contributed by atoms with E-state index < -0.39 is 5.97 Å². The molecule has 0 fully saturated rings. The second-order valence-corrected chi connectivity index (χ2v) is 4.55. The number of cyclic esters (lactones) is 1. The molecule has 0 spiro atoms. The van der Waals surface area contributed by atoms with E-state index in [1.165, 1.54) is 0 Å². The summed E-state index contributed by atoms with van der Waals surface area (Å²) in [7, 11) is 0. The van der Waals surface area contributed by atoms with Gasteiger partial charge >= 0.3 is 5.97 Å². The van der Waals surface area contributed by atoms with E-state index in [0.29, 0.717) is 27.9 Å². The Morgan fingerprint density at radius 2 is 1.85 bits per heavy atom. The highest BCUT2D eigenvalue weighted by atomic mass is 16.5. The standard InChI is InChI=1S/C14H9N3O3/c18-13-11-9(7-4-2-1-3-5-7)10-8(6-20-14(10)19)15-12(11)16-17-13/h1-5H,6H2,(H2,15,16,17,18). The lowest BCUT2D eigenvalue weighted by Crippen LogP contribution is -2.05. The topological polar surface area (TPSA) is 87.8 Å². The zero-order chi connectivity index (χ0) is 13.7. The molecule has 0 aliphatic carbocycles. The summed E-state index contributed by atoms with van der Waals surface area (Å²) >= 11 is 0. The van der Waals surface area contributed by atoms with Crippen molar-refractivity contribution < 1.29 is 9.53 Å². The maximum absolute atomic E-state index is 12.0. The van der Waals surface area contributed by atoms with Crippen LogP contribution in [0.3, 0.4) is 0 Å². The molecule has 0 atom stereocenters. The summed E-state index contributed by atoms with van der Waals surface area (Å²) in [5.41, 5.74) is 2.45. The number of aromatic amines is 2. The third-order valence-corrected chi connectivity index (χ3v) is 3.40. The molecule has 4 rings (SSSR count). The molecule has 6 heteroatoms. The fraction of sp³-hybridized carbons (Fsp3) is 0.0714. The molecule has 3 heterocycles. The number of hydrogen-bond acceptors (Lipinski definition) is 4. The molecule has 3 aromatic rings. The van der Waals surface area contributed by atoms with Crippen molar-refractivity contribution >= 4 is 17.0 Å². The second-order valence-electron chi connectivity index (χ2n) is 4.55. The number of nitrogens with one attached hydrogen (secondary N) is 2. The summed E-state index contributed by atoms with van der Waals surface area (Å²) in [6.45, 7) is 0.136. The molecule has 1 aliphatic heterocycles. The Morgan fingerprint density at radius 3 is 2.65 bits per heavy atom. The highest BCUT2D eigenvalue weighted by Crippen LogP contribution is 2.34. The molecule has 0 bridgehead atoms. The summed E-state index contributed by atoms with van der Waals surface area (Å²) in [4.78, 5) is 28.2. The molecular formula is C14H9N3O3. The summed E-state index contributed by atoms with van der Waals surface area (Å²) in [6.07, 6.45) is 0. The van der Waals surface area contributed by atoms with Crippen LogP contribution < -0.4 is 5.56 Å². The van der Waals surface area contributed by atoms with E-state index in [1.807, 2.05) is 30.3 Å². The average molecular weight is 267 g/mol. The van der Waals surface area contributed by atoms with Crippen LogP contribution in [0.15, 0.2) is 35.1 Å². The highest BCUT2D eigenvalue weighted by Gasteiger charge is 2.30. The van der Waals surface area contributed by atoms with Crippen molar-refractivity contribution in [3.8, 4) is 11.1 Å². The van der Waals surface area contributed by atoms with Gasteiger partial charge in [0.25, 0.3) is 5.56 Å². The van der Waals surface area contributed by atoms with Crippen molar-refractivity contribution in [1.29, 1.82) is 0 Å². The Labute approximate surface area is 112 Å². The molecule has 6 nitrogen and oxygen atoms in total. The van der Waals surface area contributed by atoms with E-state index in [2.05, 4.69) is 15.2 Å². The van der Waals surface area contributed by atoms with E-state index in [-0.39, 0.29) is 12.2 Å². The maximum atomic E-state index is 12.0. The van der Waals surface area contributed by atoms with E-state index in [4.69, 9.17) is 4.74 Å². The van der Waals surface area contributed by atoms with Crippen LogP contribution in [0, 0.1) is 0 Å². The van der Waals surface area contributed by atoms with Crippen molar-refractivity contribution in [3.05, 3.63) is 51.9 Å². The van der Waals surface area contributed by atoms with Gasteiger partial charge in [-0.1, -0.05) is 30.3 Å². The van der Waals surface area contributed by atoms with E-state index in [1.54, 1.807) is 0 Å². The highest BCUT2D eigenvalue weighted by molar-refractivity contribution is 6.08. The molecule has 1 aliphatic rings. The van der Waals surface area contributed by atoms with Gasteiger partial charge in [0.15, 0.2) is 5.65 Å². The molecule has 0 amide bonds. The number of carbonyl (C=O) groups excluding carboxylic acids is 1. The van der Waals surface area contributed by atoms with Gasteiger partial charge in [-0.05, 0) is 5.56 Å². The fourth-order valence-electron chi connectivity index (χ4n) is 2.55. The van der Waals surface area contributed by atoms with Gasteiger partial charge in [0.2, 0.25) is 0 Å². The van der Waals surface area contributed by atoms with Crippen LogP contribution in [0.2, 0.25) is 0 Å². The first-order valence-corrected chi connectivity index (χ1v) is 6.11. The molecule has 0 unspecified atom stereocenters. The van der Waals surface area contributed by atoms with Crippen LogP contribution in [-0.4, -0.2) is 21.2 Å². The normalized spacial score (nSPS) is 13.5. The fourth-order valence-corrected chi connectivity index (χ4v) is 2.55. The largest absolute Gasteiger partial charge is 0.455 e. The molecule has 0 radical (unpaired) electrons. The monoisotopic (exact) mass is 267 g/mol. The van der Waals surface area contributed by atoms with Crippen LogP contribution in [0.4, 0.5) is 0 Å². The average Bonchev–Trinajstić information content (AvgIpc) is 3.03.